The van der Waals surface area contributed by atoms with E-state index in [0.29, 0.717) is 6.54 Å². The maximum Gasteiger partial charge on any atom is 0.0602 e. The van der Waals surface area contributed by atoms with Crippen molar-refractivity contribution in [3.8, 4) is 0 Å². The van der Waals surface area contributed by atoms with Crippen LogP contribution in [0.25, 0.3) is 0 Å². The van der Waals surface area contributed by atoms with Gasteiger partial charge < -0.3 is 10.6 Å². The molecule has 0 aliphatic heterocycles. The van der Waals surface area contributed by atoms with Crippen molar-refractivity contribution in [2.24, 2.45) is 5.73 Å². The van der Waals surface area contributed by atoms with Crippen LogP contribution in [0, 0.1) is 13.8 Å². The Kier molecular flexibility index (Phi) is 5.34. The smallest absolute Gasteiger partial charge is 0.0602 e. The molecule has 3 heteroatoms. The molecule has 0 atom stereocenters. The normalized spacial score (nSPS) is 10.7. The fraction of sp³-hybridized carbons (Fsp3) is 0.389. The highest BCUT2D eigenvalue weighted by Gasteiger charge is 2.11. The maximum atomic E-state index is 5.76. The van der Waals surface area contributed by atoms with Crippen LogP contribution in [0.4, 0.5) is 5.69 Å². The van der Waals surface area contributed by atoms with Gasteiger partial charge in [0.15, 0.2) is 0 Å². The zero-order valence-electron chi connectivity index (χ0n) is 13.3. The molecule has 0 saturated carbocycles. The Morgan fingerprint density at radius 2 is 1.95 bits per heavy atom. The van der Waals surface area contributed by atoms with Crippen LogP contribution in [0.5, 0.6) is 0 Å². The summed E-state index contributed by atoms with van der Waals surface area (Å²) in [5.74, 6) is 0. The molecule has 0 unspecified atom stereocenters. The number of pyridine rings is 1. The summed E-state index contributed by atoms with van der Waals surface area (Å²) in [5, 5.41) is 0. The number of hydrogen-bond donors (Lipinski definition) is 1. The molecule has 0 spiro atoms. The molecule has 2 aromatic rings. The van der Waals surface area contributed by atoms with Crippen molar-refractivity contribution in [1.82, 2.24) is 4.98 Å². The average molecular weight is 283 g/mol. The second kappa shape index (κ2) is 7.23. The number of benzene rings is 1. The van der Waals surface area contributed by atoms with Crippen LogP contribution in [0.1, 0.15) is 29.4 Å². The third-order valence-electron chi connectivity index (χ3n) is 3.67. The van der Waals surface area contributed by atoms with Gasteiger partial charge in [-0.3, -0.25) is 4.98 Å². The highest BCUT2D eigenvalue weighted by Crippen LogP contribution is 2.24. The van der Waals surface area contributed by atoms with Crippen LogP contribution in [0.15, 0.2) is 36.4 Å². The van der Waals surface area contributed by atoms with Gasteiger partial charge in [-0.25, -0.2) is 0 Å². The lowest BCUT2D eigenvalue weighted by Gasteiger charge is -2.26. The topological polar surface area (TPSA) is 42.2 Å². The first-order valence-electron chi connectivity index (χ1n) is 7.61. The van der Waals surface area contributed by atoms with E-state index in [4.69, 9.17) is 5.73 Å². The first kappa shape index (κ1) is 15.5. The molecular formula is C18H25N3. The Hall–Kier alpha value is -1.87. The number of hydrogen-bond acceptors (Lipinski definition) is 3. The Morgan fingerprint density at radius 3 is 2.62 bits per heavy atom. The monoisotopic (exact) mass is 283 g/mol. The van der Waals surface area contributed by atoms with Crippen LogP contribution in [0.2, 0.25) is 0 Å². The number of anilines is 1. The molecule has 1 heterocycles. The molecule has 0 aliphatic rings. The standard InChI is InChI=1S/C18H25N3/c1-4-21(13-17-7-5-6-15(3)20-17)18-9-8-14(2)12-16(18)10-11-19/h5-9,12H,4,10-11,13,19H2,1-3H3. The predicted octanol–water partition coefficient (Wildman–Crippen LogP) is 3.23. The second-order valence-corrected chi connectivity index (χ2v) is 5.46. The summed E-state index contributed by atoms with van der Waals surface area (Å²) in [6.45, 7) is 8.81. The molecule has 21 heavy (non-hydrogen) atoms. The molecule has 2 rings (SSSR count). The highest BCUT2D eigenvalue weighted by molar-refractivity contribution is 5.55. The van der Waals surface area contributed by atoms with Gasteiger partial charge in [0, 0.05) is 17.9 Å². The zero-order chi connectivity index (χ0) is 15.2. The molecule has 2 N–H and O–H groups in total. The summed E-state index contributed by atoms with van der Waals surface area (Å²) >= 11 is 0. The van der Waals surface area contributed by atoms with Crippen molar-refractivity contribution in [1.29, 1.82) is 0 Å². The SMILES string of the molecule is CCN(Cc1cccc(C)n1)c1ccc(C)cc1CCN. The van der Waals surface area contributed by atoms with Gasteiger partial charge >= 0.3 is 0 Å². The summed E-state index contributed by atoms with van der Waals surface area (Å²) in [4.78, 5) is 6.98. The van der Waals surface area contributed by atoms with E-state index in [1.807, 2.05) is 13.0 Å². The van der Waals surface area contributed by atoms with Crippen molar-refractivity contribution in [2.75, 3.05) is 18.0 Å². The third kappa shape index (κ3) is 4.05. The zero-order valence-corrected chi connectivity index (χ0v) is 13.3. The molecule has 0 amide bonds. The van der Waals surface area contributed by atoms with Gasteiger partial charge in [-0.05, 0) is 57.5 Å². The summed E-state index contributed by atoms with van der Waals surface area (Å²) in [6.07, 6.45) is 0.911. The molecular weight excluding hydrogens is 258 g/mol. The number of aryl methyl sites for hydroxylation is 2. The van der Waals surface area contributed by atoms with E-state index in [1.54, 1.807) is 0 Å². The lowest BCUT2D eigenvalue weighted by molar-refractivity contribution is 0.795. The van der Waals surface area contributed by atoms with E-state index in [0.717, 1.165) is 30.9 Å². The van der Waals surface area contributed by atoms with Gasteiger partial charge in [-0.2, -0.15) is 0 Å². The van der Waals surface area contributed by atoms with Crippen molar-refractivity contribution < 1.29 is 0 Å². The number of nitrogens with zero attached hydrogens (tertiary/aromatic N) is 2. The van der Waals surface area contributed by atoms with Gasteiger partial charge in [-0.1, -0.05) is 23.8 Å². The molecule has 0 aliphatic carbocycles. The van der Waals surface area contributed by atoms with Crippen LogP contribution < -0.4 is 10.6 Å². The molecule has 112 valence electrons. The van der Waals surface area contributed by atoms with Crippen molar-refractivity contribution >= 4 is 5.69 Å². The minimum atomic E-state index is 0.677. The average Bonchev–Trinajstić information content (AvgIpc) is 2.46. The Labute approximate surface area is 127 Å². The van der Waals surface area contributed by atoms with Gasteiger partial charge in [0.25, 0.3) is 0 Å². The van der Waals surface area contributed by atoms with E-state index < -0.39 is 0 Å². The van der Waals surface area contributed by atoms with Crippen LogP contribution in [-0.4, -0.2) is 18.1 Å². The van der Waals surface area contributed by atoms with Crippen LogP contribution in [-0.2, 0) is 13.0 Å². The van der Waals surface area contributed by atoms with Crippen molar-refractivity contribution in [3.05, 3.63) is 58.9 Å². The minimum Gasteiger partial charge on any atom is -0.366 e. The summed E-state index contributed by atoms with van der Waals surface area (Å²) < 4.78 is 0. The van der Waals surface area contributed by atoms with Gasteiger partial charge in [0.2, 0.25) is 0 Å². The van der Waals surface area contributed by atoms with Gasteiger partial charge in [-0.15, -0.1) is 0 Å². The van der Waals surface area contributed by atoms with E-state index >= 15 is 0 Å². The maximum absolute atomic E-state index is 5.76. The molecule has 1 aromatic carbocycles. The van der Waals surface area contributed by atoms with Crippen LogP contribution >= 0.6 is 0 Å². The number of aromatic nitrogens is 1. The Balaban J connectivity index is 2.28. The molecule has 0 bridgehead atoms. The van der Waals surface area contributed by atoms with E-state index in [2.05, 4.69) is 54.1 Å². The third-order valence-corrected chi connectivity index (χ3v) is 3.67. The lowest BCUT2D eigenvalue weighted by atomic mass is 10.0. The number of rotatable bonds is 6. The van der Waals surface area contributed by atoms with E-state index in [-0.39, 0.29) is 0 Å². The first-order valence-corrected chi connectivity index (χ1v) is 7.61. The van der Waals surface area contributed by atoms with Gasteiger partial charge in [0.05, 0.1) is 12.2 Å². The summed E-state index contributed by atoms with van der Waals surface area (Å²) in [7, 11) is 0. The molecule has 0 fully saturated rings. The fourth-order valence-corrected chi connectivity index (χ4v) is 2.63. The second-order valence-electron chi connectivity index (χ2n) is 5.46. The van der Waals surface area contributed by atoms with Crippen LogP contribution in [0.3, 0.4) is 0 Å². The molecule has 1 aromatic heterocycles. The first-order chi connectivity index (χ1) is 10.1. The number of nitrogens with two attached hydrogens (primary N) is 1. The minimum absolute atomic E-state index is 0.677. The predicted molar refractivity (Wildman–Crippen MR) is 89.6 cm³/mol. The summed E-state index contributed by atoms with van der Waals surface area (Å²) in [5.41, 5.74) is 11.8. The Morgan fingerprint density at radius 1 is 1.14 bits per heavy atom. The molecule has 0 radical (unpaired) electrons. The molecule has 3 nitrogen and oxygen atoms in total. The largest absolute Gasteiger partial charge is 0.366 e. The van der Waals surface area contributed by atoms with E-state index in [1.165, 1.54) is 16.8 Å². The lowest BCUT2D eigenvalue weighted by Crippen LogP contribution is -2.24. The van der Waals surface area contributed by atoms with Crippen molar-refractivity contribution in [2.45, 2.75) is 33.7 Å². The Bertz CT molecular complexity index is 593. The van der Waals surface area contributed by atoms with E-state index in [9.17, 15) is 0 Å². The molecule has 0 saturated heterocycles. The highest BCUT2D eigenvalue weighted by atomic mass is 15.1. The summed E-state index contributed by atoms with van der Waals surface area (Å²) in [6, 6.07) is 12.8. The fourth-order valence-electron chi connectivity index (χ4n) is 2.63. The van der Waals surface area contributed by atoms with Gasteiger partial charge in [0.1, 0.15) is 0 Å². The van der Waals surface area contributed by atoms with Crippen molar-refractivity contribution in [3.63, 3.8) is 0 Å². The quantitative estimate of drug-likeness (QED) is 0.885.